The van der Waals surface area contributed by atoms with Crippen molar-refractivity contribution in [1.29, 1.82) is 0 Å². The summed E-state index contributed by atoms with van der Waals surface area (Å²) in [6.45, 7) is 3.25. The number of hydrogen-bond acceptors (Lipinski definition) is 7. The summed E-state index contributed by atoms with van der Waals surface area (Å²) in [5.41, 5.74) is 1.33. The minimum atomic E-state index is -0.391. The molecule has 25 heavy (non-hydrogen) atoms. The molecule has 0 bridgehead atoms. The quantitative estimate of drug-likeness (QED) is 0.689. The molecule has 3 aromatic rings. The van der Waals surface area contributed by atoms with Gasteiger partial charge in [0.05, 0.1) is 0 Å². The van der Waals surface area contributed by atoms with Crippen LogP contribution in [0.25, 0.3) is 0 Å². The van der Waals surface area contributed by atoms with E-state index in [1.54, 1.807) is 37.3 Å². The van der Waals surface area contributed by atoms with E-state index in [1.165, 1.54) is 19.2 Å². The van der Waals surface area contributed by atoms with Crippen molar-refractivity contribution < 1.29 is 14.1 Å². The molecule has 0 fully saturated rings. The van der Waals surface area contributed by atoms with Crippen LogP contribution in [0.3, 0.4) is 0 Å². The van der Waals surface area contributed by atoms with Crippen LogP contribution in [0.2, 0.25) is 0 Å². The average Bonchev–Trinajstić information content (AvgIpc) is 3.00. The Labute approximate surface area is 143 Å². The van der Waals surface area contributed by atoms with Gasteiger partial charge in [0.2, 0.25) is 5.95 Å². The van der Waals surface area contributed by atoms with E-state index in [-0.39, 0.29) is 17.4 Å². The van der Waals surface area contributed by atoms with Gasteiger partial charge in [0, 0.05) is 23.5 Å². The van der Waals surface area contributed by atoms with Gasteiger partial charge in [-0.05, 0) is 44.2 Å². The second-order valence-corrected chi connectivity index (χ2v) is 5.30. The Hall–Kier alpha value is -3.55. The van der Waals surface area contributed by atoms with E-state index in [1.807, 2.05) is 0 Å². The zero-order valence-electron chi connectivity index (χ0n) is 13.6. The van der Waals surface area contributed by atoms with E-state index in [0.29, 0.717) is 22.8 Å². The molecule has 0 atom stereocenters. The lowest BCUT2D eigenvalue weighted by Crippen LogP contribution is -2.14. The number of aryl methyl sites for hydroxylation is 1. The number of nitrogens with one attached hydrogen (secondary N) is 2. The van der Waals surface area contributed by atoms with Crippen molar-refractivity contribution in [3.63, 3.8) is 0 Å². The summed E-state index contributed by atoms with van der Waals surface area (Å²) in [7, 11) is 0. The summed E-state index contributed by atoms with van der Waals surface area (Å²) in [6.07, 6.45) is 1.47. The fourth-order valence-corrected chi connectivity index (χ4v) is 2.07. The topological polar surface area (TPSA) is 110 Å². The number of carbonyl (C=O) groups excluding carboxylic acids is 2. The van der Waals surface area contributed by atoms with Crippen LogP contribution in [-0.2, 0) is 0 Å². The highest BCUT2D eigenvalue weighted by Gasteiger charge is 2.11. The van der Waals surface area contributed by atoms with Crippen molar-refractivity contribution >= 4 is 29.1 Å². The summed E-state index contributed by atoms with van der Waals surface area (Å²) in [6, 6.07) is 9.81. The van der Waals surface area contributed by atoms with Crippen LogP contribution < -0.4 is 10.6 Å². The third-order valence-electron chi connectivity index (χ3n) is 3.31. The van der Waals surface area contributed by atoms with E-state index in [9.17, 15) is 9.59 Å². The molecule has 1 amide bonds. The molecule has 2 N–H and O–H groups in total. The lowest BCUT2D eigenvalue weighted by molar-refractivity contribution is 0.101. The summed E-state index contributed by atoms with van der Waals surface area (Å²) in [5, 5.41) is 9.36. The molecular weight excluding hydrogens is 322 g/mol. The van der Waals surface area contributed by atoms with Gasteiger partial charge in [-0.3, -0.25) is 9.59 Å². The summed E-state index contributed by atoms with van der Waals surface area (Å²) >= 11 is 0. The predicted octanol–water partition coefficient (Wildman–Crippen LogP) is 2.97. The first kappa shape index (κ1) is 16.3. The first-order valence-electron chi connectivity index (χ1n) is 7.47. The molecule has 0 spiro atoms. The predicted molar refractivity (Wildman–Crippen MR) is 91.0 cm³/mol. The number of rotatable bonds is 5. The highest BCUT2D eigenvalue weighted by Crippen LogP contribution is 2.14. The number of amides is 1. The first-order valence-corrected chi connectivity index (χ1v) is 7.47. The lowest BCUT2D eigenvalue weighted by Gasteiger charge is -2.06. The van der Waals surface area contributed by atoms with Gasteiger partial charge in [-0.15, -0.1) is 0 Å². The zero-order chi connectivity index (χ0) is 17.8. The Balaban J connectivity index is 1.71. The lowest BCUT2D eigenvalue weighted by atomic mass is 10.1. The van der Waals surface area contributed by atoms with Crippen LogP contribution in [0.1, 0.15) is 33.5 Å². The number of benzene rings is 1. The molecule has 0 aliphatic heterocycles. The molecule has 0 aliphatic rings. The van der Waals surface area contributed by atoms with Gasteiger partial charge in [0.15, 0.2) is 11.6 Å². The number of ketones is 1. The monoisotopic (exact) mass is 337 g/mol. The highest BCUT2D eigenvalue weighted by molar-refractivity contribution is 6.03. The van der Waals surface area contributed by atoms with E-state index < -0.39 is 5.91 Å². The number of hydrogen-bond donors (Lipinski definition) is 2. The van der Waals surface area contributed by atoms with Crippen LogP contribution in [-0.4, -0.2) is 26.8 Å². The molecule has 1 aromatic carbocycles. The van der Waals surface area contributed by atoms with Gasteiger partial charge in [0.25, 0.3) is 5.91 Å². The van der Waals surface area contributed by atoms with Crippen molar-refractivity contribution in [2.24, 2.45) is 0 Å². The Bertz CT molecular complexity index is 918. The molecule has 8 nitrogen and oxygen atoms in total. The zero-order valence-corrected chi connectivity index (χ0v) is 13.6. The van der Waals surface area contributed by atoms with Crippen molar-refractivity contribution in [2.45, 2.75) is 13.8 Å². The molecular formula is C17H15N5O3. The molecule has 0 radical (unpaired) electrons. The second-order valence-electron chi connectivity index (χ2n) is 5.30. The third-order valence-corrected chi connectivity index (χ3v) is 3.31. The molecule has 2 heterocycles. The van der Waals surface area contributed by atoms with E-state index in [0.717, 1.165) is 0 Å². The molecule has 3 rings (SSSR count). The van der Waals surface area contributed by atoms with E-state index in [2.05, 4.69) is 25.8 Å². The van der Waals surface area contributed by atoms with Crippen molar-refractivity contribution in [3.05, 3.63) is 59.6 Å². The van der Waals surface area contributed by atoms with E-state index >= 15 is 0 Å². The summed E-state index contributed by atoms with van der Waals surface area (Å²) in [4.78, 5) is 31.8. The minimum absolute atomic E-state index is 0.0347. The normalized spacial score (nSPS) is 10.3. The highest BCUT2D eigenvalue weighted by atomic mass is 16.5. The molecule has 126 valence electrons. The Morgan fingerprint density at radius 2 is 1.88 bits per heavy atom. The first-order chi connectivity index (χ1) is 12.0. The molecule has 2 aromatic heterocycles. The van der Waals surface area contributed by atoms with Crippen LogP contribution in [0.5, 0.6) is 0 Å². The summed E-state index contributed by atoms with van der Waals surface area (Å²) < 4.78 is 4.95. The smallest absolute Gasteiger partial charge is 0.274 e. The molecule has 0 saturated heterocycles. The molecule has 0 saturated carbocycles. The minimum Gasteiger partial charge on any atom is -0.360 e. The van der Waals surface area contributed by atoms with Crippen molar-refractivity contribution in [1.82, 2.24) is 15.1 Å². The number of Topliss-reactive ketones (excluding diaryl/α,β-unsaturated/α-hetero) is 1. The van der Waals surface area contributed by atoms with Gasteiger partial charge >= 0.3 is 0 Å². The maximum Gasteiger partial charge on any atom is 0.274 e. The third kappa shape index (κ3) is 4.05. The number of anilines is 3. The Morgan fingerprint density at radius 1 is 1.12 bits per heavy atom. The standard InChI is InChI=1S/C17H15N5O3/c1-10-9-15(22-25-10)21-17-18-8-7-14(20-17)16(24)19-13-5-3-12(4-6-13)11(2)23/h3-9H,1-2H3,(H,19,24)(H,18,20,21,22). The fourth-order valence-electron chi connectivity index (χ4n) is 2.07. The van der Waals surface area contributed by atoms with Crippen LogP contribution in [0.4, 0.5) is 17.5 Å². The van der Waals surface area contributed by atoms with Crippen LogP contribution in [0.15, 0.2) is 47.1 Å². The maximum atomic E-state index is 12.3. The van der Waals surface area contributed by atoms with Crippen molar-refractivity contribution in [2.75, 3.05) is 10.6 Å². The Morgan fingerprint density at radius 3 is 2.52 bits per heavy atom. The average molecular weight is 337 g/mol. The molecule has 0 unspecified atom stereocenters. The number of nitrogens with zero attached hydrogens (tertiary/aromatic N) is 3. The van der Waals surface area contributed by atoms with Gasteiger partial charge in [-0.2, -0.15) is 0 Å². The van der Waals surface area contributed by atoms with Crippen LogP contribution >= 0.6 is 0 Å². The SMILES string of the molecule is CC(=O)c1ccc(NC(=O)c2ccnc(Nc3cc(C)on3)n2)cc1. The van der Waals surface area contributed by atoms with Gasteiger partial charge in [-0.1, -0.05) is 5.16 Å². The van der Waals surface area contributed by atoms with E-state index in [4.69, 9.17) is 4.52 Å². The summed E-state index contributed by atoms with van der Waals surface area (Å²) in [5.74, 6) is 0.901. The van der Waals surface area contributed by atoms with Gasteiger partial charge < -0.3 is 15.2 Å². The molecule has 8 heteroatoms. The largest absolute Gasteiger partial charge is 0.360 e. The van der Waals surface area contributed by atoms with Gasteiger partial charge in [0.1, 0.15) is 11.5 Å². The second kappa shape index (κ2) is 6.91. The number of aromatic nitrogens is 3. The maximum absolute atomic E-state index is 12.3. The van der Waals surface area contributed by atoms with Crippen molar-refractivity contribution in [3.8, 4) is 0 Å². The number of carbonyl (C=O) groups is 2. The fraction of sp³-hybridized carbons (Fsp3) is 0.118. The van der Waals surface area contributed by atoms with Crippen LogP contribution in [0, 0.1) is 6.92 Å². The van der Waals surface area contributed by atoms with Gasteiger partial charge in [-0.25, -0.2) is 9.97 Å². The Kier molecular flexibility index (Phi) is 4.51. The molecule has 0 aliphatic carbocycles.